The average Bonchev–Trinajstić information content (AvgIpc) is 2.73. The highest BCUT2D eigenvalue weighted by Gasteiger charge is 2.22. The number of nitriles is 1. The maximum Gasteiger partial charge on any atom is 0.167 e. The summed E-state index contributed by atoms with van der Waals surface area (Å²) in [5, 5.41) is 10.5. The van der Waals surface area contributed by atoms with Gasteiger partial charge in [-0.3, -0.25) is 4.98 Å². The van der Waals surface area contributed by atoms with Crippen molar-refractivity contribution in [2.24, 2.45) is 0 Å². The van der Waals surface area contributed by atoms with Crippen LogP contribution in [0.25, 0.3) is 10.9 Å². The number of aromatic nitrogens is 1. The van der Waals surface area contributed by atoms with E-state index in [0.29, 0.717) is 5.56 Å². The summed E-state index contributed by atoms with van der Waals surface area (Å²) in [4.78, 5) is 8.75. The fraction of sp³-hybridized carbons (Fsp3) is 0.238. The summed E-state index contributed by atoms with van der Waals surface area (Å²) in [6.45, 7) is 2.98. The summed E-state index contributed by atoms with van der Waals surface area (Å²) in [6.07, 6.45) is 1.64. The number of ether oxygens (including phenoxy) is 1. The molecule has 0 spiro atoms. The predicted octanol–water partition coefficient (Wildman–Crippen LogP) is 3.58. The normalized spacial score (nSPS) is 14.3. The second-order valence-electron chi connectivity index (χ2n) is 6.44. The third kappa shape index (κ3) is 3.13. The van der Waals surface area contributed by atoms with Crippen LogP contribution in [0.15, 0.2) is 48.7 Å². The molecule has 0 amide bonds. The molecule has 1 aromatic heterocycles. The van der Waals surface area contributed by atoms with Crippen molar-refractivity contribution in [2.45, 2.75) is 0 Å². The zero-order chi connectivity index (χ0) is 18.8. The molecule has 1 aliphatic rings. The Morgan fingerprint density at radius 3 is 2.52 bits per heavy atom. The van der Waals surface area contributed by atoms with Crippen LogP contribution in [-0.2, 0) is 0 Å². The number of benzene rings is 2. The number of fused-ring (bicyclic) bond motifs is 1. The Labute approximate surface area is 157 Å². The quantitative estimate of drug-likeness (QED) is 0.713. The number of piperazine rings is 1. The van der Waals surface area contributed by atoms with Crippen LogP contribution in [0.3, 0.4) is 0 Å². The Balaban J connectivity index is 1.59. The molecule has 1 fully saturated rings. The van der Waals surface area contributed by atoms with Crippen molar-refractivity contribution in [3.05, 3.63) is 60.0 Å². The van der Waals surface area contributed by atoms with Gasteiger partial charge in [-0.2, -0.15) is 5.26 Å². The second-order valence-corrected chi connectivity index (χ2v) is 6.44. The highest BCUT2D eigenvalue weighted by Crippen LogP contribution is 2.31. The zero-order valence-electron chi connectivity index (χ0n) is 15.0. The predicted molar refractivity (Wildman–Crippen MR) is 104 cm³/mol. The van der Waals surface area contributed by atoms with Crippen molar-refractivity contribution >= 4 is 22.3 Å². The lowest BCUT2D eigenvalue weighted by Gasteiger charge is -2.38. The molecule has 4 rings (SSSR count). The fourth-order valence-corrected chi connectivity index (χ4v) is 3.59. The van der Waals surface area contributed by atoms with E-state index in [0.717, 1.165) is 48.5 Å². The molecule has 0 aliphatic carbocycles. The molecule has 2 aromatic carbocycles. The molecule has 0 unspecified atom stereocenters. The highest BCUT2D eigenvalue weighted by molar-refractivity contribution is 5.94. The molecule has 27 heavy (non-hydrogen) atoms. The van der Waals surface area contributed by atoms with E-state index < -0.39 is 0 Å². The molecule has 0 bridgehead atoms. The van der Waals surface area contributed by atoms with Crippen molar-refractivity contribution in [3.63, 3.8) is 0 Å². The van der Waals surface area contributed by atoms with E-state index in [4.69, 9.17) is 4.74 Å². The molecule has 2 heterocycles. The minimum Gasteiger partial charge on any atom is -0.494 e. The van der Waals surface area contributed by atoms with Crippen molar-refractivity contribution in [1.29, 1.82) is 5.26 Å². The Morgan fingerprint density at radius 2 is 1.81 bits per heavy atom. The van der Waals surface area contributed by atoms with Crippen LogP contribution in [0.4, 0.5) is 15.8 Å². The van der Waals surface area contributed by atoms with Gasteiger partial charge in [0.15, 0.2) is 11.6 Å². The lowest BCUT2D eigenvalue weighted by atomic mass is 10.1. The van der Waals surface area contributed by atoms with Crippen LogP contribution in [0.2, 0.25) is 0 Å². The highest BCUT2D eigenvalue weighted by atomic mass is 19.1. The van der Waals surface area contributed by atoms with Gasteiger partial charge in [0, 0.05) is 49.5 Å². The van der Waals surface area contributed by atoms with Crippen LogP contribution in [-0.4, -0.2) is 38.3 Å². The standard InChI is InChI=1S/C21H19FN4O/c1-27-20-7-6-16(12-18(20)22)25-8-10-26(11-9-25)21-15(13-23)14-24-19-5-3-2-4-17(19)21/h2-7,12,14H,8-11H2,1H3. The minimum atomic E-state index is -0.357. The fourth-order valence-electron chi connectivity index (χ4n) is 3.59. The van der Waals surface area contributed by atoms with E-state index in [-0.39, 0.29) is 11.6 Å². The number of methoxy groups -OCH3 is 1. The first-order valence-electron chi connectivity index (χ1n) is 8.82. The van der Waals surface area contributed by atoms with E-state index in [9.17, 15) is 9.65 Å². The van der Waals surface area contributed by atoms with E-state index in [1.54, 1.807) is 12.3 Å². The molecule has 136 valence electrons. The summed E-state index contributed by atoms with van der Waals surface area (Å²) >= 11 is 0. The van der Waals surface area contributed by atoms with Crippen LogP contribution >= 0.6 is 0 Å². The Hall–Kier alpha value is -3.33. The van der Waals surface area contributed by atoms with Crippen LogP contribution in [0.5, 0.6) is 5.75 Å². The first kappa shape index (κ1) is 17.1. The summed E-state index contributed by atoms with van der Waals surface area (Å²) in [5.41, 5.74) is 3.24. The smallest absolute Gasteiger partial charge is 0.167 e. The number of pyridine rings is 1. The monoisotopic (exact) mass is 362 g/mol. The van der Waals surface area contributed by atoms with Gasteiger partial charge in [0.25, 0.3) is 0 Å². The van der Waals surface area contributed by atoms with Gasteiger partial charge in [-0.05, 0) is 18.2 Å². The maximum atomic E-state index is 14.0. The van der Waals surface area contributed by atoms with Gasteiger partial charge in [-0.25, -0.2) is 4.39 Å². The maximum absolute atomic E-state index is 14.0. The van der Waals surface area contributed by atoms with E-state index >= 15 is 0 Å². The molecule has 0 atom stereocenters. The zero-order valence-corrected chi connectivity index (χ0v) is 15.0. The van der Waals surface area contributed by atoms with Gasteiger partial charge in [0.2, 0.25) is 0 Å². The van der Waals surface area contributed by atoms with E-state index in [2.05, 4.69) is 20.9 Å². The molecule has 0 saturated carbocycles. The van der Waals surface area contributed by atoms with Gasteiger partial charge in [-0.15, -0.1) is 0 Å². The summed E-state index contributed by atoms with van der Waals surface area (Å²) in [6, 6.07) is 15.2. The lowest BCUT2D eigenvalue weighted by Crippen LogP contribution is -2.46. The number of hydrogen-bond acceptors (Lipinski definition) is 5. The van der Waals surface area contributed by atoms with Gasteiger partial charge >= 0.3 is 0 Å². The van der Waals surface area contributed by atoms with Crippen LogP contribution < -0.4 is 14.5 Å². The number of anilines is 2. The molecule has 6 heteroatoms. The number of halogens is 1. The number of nitrogens with zero attached hydrogens (tertiary/aromatic N) is 4. The average molecular weight is 362 g/mol. The SMILES string of the molecule is COc1ccc(N2CCN(c3c(C#N)cnc4ccccc34)CC2)cc1F. The topological polar surface area (TPSA) is 52.4 Å². The van der Waals surface area contributed by atoms with Crippen molar-refractivity contribution < 1.29 is 9.13 Å². The Kier molecular flexibility index (Phi) is 4.51. The summed E-state index contributed by atoms with van der Waals surface area (Å²) in [7, 11) is 1.46. The Bertz CT molecular complexity index is 1020. The summed E-state index contributed by atoms with van der Waals surface area (Å²) < 4.78 is 19.0. The lowest BCUT2D eigenvalue weighted by molar-refractivity contribution is 0.386. The van der Waals surface area contributed by atoms with E-state index in [1.807, 2.05) is 30.3 Å². The number of para-hydroxylation sites is 1. The third-order valence-corrected chi connectivity index (χ3v) is 4.96. The molecular weight excluding hydrogens is 343 g/mol. The van der Waals surface area contributed by atoms with E-state index in [1.165, 1.54) is 13.2 Å². The van der Waals surface area contributed by atoms with Crippen molar-refractivity contribution in [2.75, 3.05) is 43.1 Å². The van der Waals surface area contributed by atoms with Gasteiger partial charge < -0.3 is 14.5 Å². The molecule has 1 aliphatic heterocycles. The third-order valence-electron chi connectivity index (χ3n) is 4.96. The first-order chi connectivity index (χ1) is 13.2. The molecule has 1 saturated heterocycles. The van der Waals surface area contributed by atoms with Crippen LogP contribution in [0.1, 0.15) is 5.56 Å². The number of hydrogen-bond donors (Lipinski definition) is 0. The second kappa shape index (κ2) is 7.12. The summed E-state index contributed by atoms with van der Waals surface area (Å²) in [5.74, 6) is -0.108. The molecule has 0 N–H and O–H groups in total. The minimum absolute atomic E-state index is 0.249. The molecule has 5 nitrogen and oxygen atoms in total. The van der Waals surface area contributed by atoms with Crippen molar-refractivity contribution in [1.82, 2.24) is 4.98 Å². The Morgan fingerprint density at radius 1 is 1.07 bits per heavy atom. The van der Waals surface area contributed by atoms with Crippen LogP contribution in [0, 0.1) is 17.1 Å². The molecule has 0 radical (unpaired) electrons. The van der Waals surface area contributed by atoms with Crippen molar-refractivity contribution in [3.8, 4) is 11.8 Å². The largest absolute Gasteiger partial charge is 0.494 e. The molecular formula is C21H19FN4O. The van der Waals surface area contributed by atoms with Gasteiger partial charge in [0.05, 0.1) is 23.9 Å². The molecule has 3 aromatic rings. The van der Waals surface area contributed by atoms with Gasteiger partial charge in [-0.1, -0.05) is 18.2 Å². The number of rotatable bonds is 3. The first-order valence-corrected chi connectivity index (χ1v) is 8.82. The van der Waals surface area contributed by atoms with Gasteiger partial charge in [0.1, 0.15) is 6.07 Å².